The van der Waals surface area contributed by atoms with Gasteiger partial charge in [0.05, 0.1) is 11.8 Å². The number of rotatable bonds is 20. The maximum absolute atomic E-state index is 12.4. The summed E-state index contributed by atoms with van der Waals surface area (Å²) in [6.07, 6.45) is 2.38. The van der Waals surface area contributed by atoms with Gasteiger partial charge < -0.3 is 31.3 Å². The maximum atomic E-state index is 12.4. The molecule has 0 radical (unpaired) electrons. The maximum Gasteiger partial charge on any atom is 0.500 e. The minimum atomic E-state index is -2.79. The predicted octanol–water partition coefficient (Wildman–Crippen LogP) is 3.96. The molecule has 0 N–H and O–H groups in total. The molecular weight excluding hydrogens is 464 g/mol. The van der Waals surface area contributed by atoms with Crippen LogP contribution in [0.2, 0.25) is 12.1 Å². The van der Waals surface area contributed by atoms with Gasteiger partial charge in [-0.25, -0.2) is 0 Å². The van der Waals surface area contributed by atoms with Crippen molar-refractivity contribution in [2.24, 2.45) is 11.8 Å². The van der Waals surface area contributed by atoms with Gasteiger partial charge in [0, 0.05) is 51.7 Å². The molecule has 0 amide bonds. The van der Waals surface area contributed by atoms with Gasteiger partial charge >= 0.3 is 29.5 Å². The monoisotopic (exact) mass is 508 g/mol. The molecule has 1 aliphatic heterocycles. The van der Waals surface area contributed by atoms with E-state index in [0.717, 1.165) is 0 Å². The molecule has 0 aromatic heterocycles. The highest BCUT2D eigenvalue weighted by molar-refractivity contribution is 6.61. The van der Waals surface area contributed by atoms with Crippen molar-refractivity contribution in [1.29, 1.82) is 0 Å². The van der Waals surface area contributed by atoms with E-state index in [-0.39, 0.29) is 0 Å². The number of carbonyl (C=O) groups excluding carboxylic acids is 2. The van der Waals surface area contributed by atoms with E-state index >= 15 is 0 Å². The molecule has 0 aromatic carbocycles. The zero-order chi connectivity index (χ0) is 24.7. The normalized spacial score (nSPS) is 19.3. The summed E-state index contributed by atoms with van der Waals surface area (Å²) in [6.45, 7) is 14.5. The van der Waals surface area contributed by atoms with E-state index in [9.17, 15) is 9.59 Å². The molecule has 0 aliphatic carbocycles. The molecule has 33 heavy (non-hydrogen) atoms. The van der Waals surface area contributed by atoms with Crippen molar-refractivity contribution >= 4 is 29.5 Å². The summed E-state index contributed by atoms with van der Waals surface area (Å²) in [7, 11) is -5.57. The first-order chi connectivity index (χ1) is 15.9. The van der Waals surface area contributed by atoms with Crippen LogP contribution in [0.5, 0.6) is 0 Å². The standard InChI is InChI=1S/C22H44O9Si2/c1-7-25-32(26-8-2,27-9-3)17-13-15-19-20(22(24)31-21(19)23)16-14-18-33(28-10-4,29-11-5)30-12-6/h19-20H,7-18H2,1-6H3. The number of hydrogen-bond donors (Lipinski definition) is 0. The number of ether oxygens (including phenoxy) is 1. The SMILES string of the molecule is CCO[Si](CCCC1C(=O)OC(=O)C1CCC[Si](OCC)(OCC)OCC)(OCC)OCC. The van der Waals surface area contributed by atoms with E-state index in [0.29, 0.717) is 77.4 Å². The summed E-state index contributed by atoms with van der Waals surface area (Å²) in [5.74, 6) is -1.80. The van der Waals surface area contributed by atoms with Crippen molar-refractivity contribution in [3.8, 4) is 0 Å². The lowest BCUT2D eigenvalue weighted by atomic mass is 9.87. The molecule has 0 spiro atoms. The second kappa shape index (κ2) is 16.1. The quantitative estimate of drug-likeness (QED) is 0.137. The minimum absolute atomic E-state index is 0.440. The Balaban J connectivity index is 2.75. The van der Waals surface area contributed by atoms with Crippen LogP contribution in [0.25, 0.3) is 0 Å². The Labute approximate surface area is 201 Å². The highest BCUT2D eigenvalue weighted by Crippen LogP contribution is 2.34. The lowest BCUT2D eigenvalue weighted by Crippen LogP contribution is -2.46. The Kier molecular flexibility index (Phi) is 14.8. The van der Waals surface area contributed by atoms with Crippen molar-refractivity contribution in [3.63, 3.8) is 0 Å². The van der Waals surface area contributed by atoms with Crippen molar-refractivity contribution < 1.29 is 40.9 Å². The zero-order valence-electron chi connectivity index (χ0n) is 21.3. The van der Waals surface area contributed by atoms with Crippen molar-refractivity contribution in [2.45, 2.75) is 79.3 Å². The van der Waals surface area contributed by atoms with Crippen LogP contribution in [0.3, 0.4) is 0 Å². The Morgan fingerprint density at radius 2 is 0.848 bits per heavy atom. The Morgan fingerprint density at radius 1 is 0.576 bits per heavy atom. The topological polar surface area (TPSA) is 98.8 Å². The molecule has 1 rings (SSSR count). The van der Waals surface area contributed by atoms with Crippen LogP contribution in [-0.4, -0.2) is 69.2 Å². The molecule has 1 saturated heterocycles. The highest BCUT2D eigenvalue weighted by Gasteiger charge is 2.46. The molecule has 1 heterocycles. The summed E-state index contributed by atoms with van der Waals surface area (Å²) in [5, 5.41) is 0. The van der Waals surface area contributed by atoms with E-state index in [1.807, 2.05) is 41.5 Å². The molecule has 0 bridgehead atoms. The lowest BCUT2D eigenvalue weighted by Gasteiger charge is -2.29. The van der Waals surface area contributed by atoms with Crippen LogP contribution in [0.1, 0.15) is 67.2 Å². The third-order valence-corrected chi connectivity index (χ3v) is 11.8. The van der Waals surface area contributed by atoms with Gasteiger partial charge in [0.25, 0.3) is 0 Å². The first-order valence-corrected chi connectivity index (χ1v) is 16.3. The number of hydrogen-bond acceptors (Lipinski definition) is 9. The average molecular weight is 509 g/mol. The third kappa shape index (κ3) is 9.48. The Bertz CT molecular complexity index is 494. The Hall–Kier alpha value is -0.666. The fourth-order valence-corrected chi connectivity index (χ4v) is 9.58. The van der Waals surface area contributed by atoms with E-state index in [1.165, 1.54) is 0 Å². The molecule has 1 aliphatic rings. The van der Waals surface area contributed by atoms with Crippen LogP contribution in [0, 0.1) is 11.8 Å². The van der Waals surface area contributed by atoms with Gasteiger partial charge in [-0.05, 0) is 67.2 Å². The molecule has 0 saturated carbocycles. The summed E-state index contributed by atoms with van der Waals surface area (Å²) in [4.78, 5) is 24.8. The van der Waals surface area contributed by atoms with Crippen molar-refractivity contribution in [1.82, 2.24) is 0 Å². The fourth-order valence-electron chi connectivity index (χ4n) is 4.30. The smallest absolute Gasteiger partial charge is 0.393 e. The van der Waals surface area contributed by atoms with Crippen LogP contribution >= 0.6 is 0 Å². The van der Waals surface area contributed by atoms with Crippen molar-refractivity contribution in [3.05, 3.63) is 0 Å². The molecule has 2 atom stereocenters. The zero-order valence-corrected chi connectivity index (χ0v) is 23.3. The Morgan fingerprint density at radius 3 is 1.09 bits per heavy atom. The number of cyclic esters (lactones) is 2. The number of esters is 2. The van der Waals surface area contributed by atoms with Gasteiger partial charge in [-0.1, -0.05) is 0 Å². The second-order valence-corrected chi connectivity index (χ2v) is 13.2. The van der Waals surface area contributed by atoms with E-state index in [2.05, 4.69) is 0 Å². The summed E-state index contributed by atoms with van der Waals surface area (Å²) in [5.41, 5.74) is 0. The molecule has 1 fully saturated rings. The molecule has 11 heteroatoms. The largest absolute Gasteiger partial charge is 0.500 e. The molecular formula is C22H44O9Si2. The summed E-state index contributed by atoms with van der Waals surface area (Å²) in [6, 6.07) is 1.20. The van der Waals surface area contributed by atoms with Gasteiger partial charge in [0.1, 0.15) is 0 Å². The van der Waals surface area contributed by atoms with Crippen LogP contribution in [-0.2, 0) is 40.9 Å². The van der Waals surface area contributed by atoms with Gasteiger partial charge in [-0.3, -0.25) is 9.59 Å². The molecule has 0 aromatic rings. The lowest BCUT2D eigenvalue weighted by molar-refractivity contribution is -0.153. The van der Waals surface area contributed by atoms with Crippen LogP contribution in [0.15, 0.2) is 0 Å². The van der Waals surface area contributed by atoms with Gasteiger partial charge in [-0.15, -0.1) is 0 Å². The third-order valence-electron chi connectivity index (χ3n) is 5.47. The minimum Gasteiger partial charge on any atom is -0.393 e. The van der Waals surface area contributed by atoms with Gasteiger partial charge in [-0.2, -0.15) is 0 Å². The first-order valence-electron chi connectivity index (χ1n) is 12.5. The van der Waals surface area contributed by atoms with Crippen LogP contribution in [0.4, 0.5) is 0 Å². The molecule has 194 valence electrons. The second-order valence-electron chi connectivity index (χ2n) is 7.70. The van der Waals surface area contributed by atoms with Gasteiger partial charge in [0.2, 0.25) is 0 Å². The number of carbonyl (C=O) groups is 2. The highest BCUT2D eigenvalue weighted by atomic mass is 28.4. The van der Waals surface area contributed by atoms with Crippen molar-refractivity contribution in [2.75, 3.05) is 39.6 Å². The van der Waals surface area contributed by atoms with Gasteiger partial charge in [0.15, 0.2) is 0 Å². The summed E-state index contributed by atoms with van der Waals surface area (Å²) < 4.78 is 40.4. The first kappa shape index (κ1) is 30.4. The van der Waals surface area contributed by atoms with Crippen LogP contribution < -0.4 is 0 Å². The van der Waals surface area contributed by atoms with E-state index < -0.39 is 41.4 Å². The molecule has 9 nitrogen and oxygen atoms in total. The van der Waals surface area contributed by atoms with E-state index in [4.69, 9.17) is 31.3 Å². The van der Waals surface area contributed by atoms with E-state index in [1.54, 1.807) is 0 Å². The summed E-state index contributed by atoms with van der Waals surface area (Å²) >= 11 is 0. The molecule has 2 unspecified atom stereocenters. The fraction of sp³-hybridized carbons (Fsp3) is 0.909. The average Bonchev–Trinajstić information content (AvgIpc) is 3.02. The predicted molar refractivity (Wildman–Crippen MR) is 127 cm³/mol.